The Morgan fingerprint density at radius 1 is 1.63 bits per heavy atom. The van der Waals surface area contributed by atoms with Crippen molar-refractivity contribution in [3.63, 3.8) is 0 Å². The highest BCUT2D eigenvalue weighted by atomic mass is 79.9. The number of halogens is 1. The van der Waals surface area contributed by atoms with Crippen molar-refractivity contribution < 1.29 is 14.3 Å². The van der Waals surface area contributed by atoms with E-state index in [9.17, 15) is 9.59 Å². The second kappa shape index (κ2) is 6.95. The van der Waals surface area contributed by atoms with E-state index >= 15 is 0 Å². The molecule has 5 heteroatoms. The van der Waals surface area contributed by atoms with Crippen molar-refractivity contribution >= 4 is 28.1 Å². The van der Waals surface area contributed by atoms with Gasteiger partial charge in [0, 0.05) is 4.47 Å². The van der Waals surface area contributed by atoms with Crippen LogP contribution in [0.15, 0.2) is 16.6 Å². The Bertz CT molecular complexity index is 534. The maximum Gasteiger partial charge on any atom is 0.261 e. The first-order valence-electron chi connectivity index (χ1n) is 5.62. The van der Waals surface area contributed by atoms with E-state index in [0.29, 0.717) is 17.6 Å². The largest absolute Gasteiger partial charge is 0.480 e. The monoisotopic (exact) mass is 323 g/mol. The lowest BCUT2D eigenvalue weighted by Gasteiger charge is -2.17. The molecule has 19 heavy (non-hydrogen) atoms. The first kappa shape index (κ1) is 15.3. The number of nitrogens with one attached hydrogen (secondary N) is 1. The van der Waals surface area contributed by atoms with Gasteiger partial charge in [0.25, 0.3) is 5.91 Å². The molecule has 0 fully saturated rings. The normalized spacial score (nSPS) is 11.3. The first-order valence-corrected chi connectivity index (χ1v) is 6.42. The van der Waals surface area contributed by atoms with Gasteiger partial charge in [-0.2, -0.15) is 0 Å². The zero-order valence-electron chi connectivity index (χ0n) is 10.7. The van der Waals surface area contributed by atoms with Crippen LogP contribution in [0.5, 0.6) is 5.75 Å². The van der Waals surface area contributed by atoms with Gasteiger partial charge in [0.05, 0.1) is 12.1 Å². The number of aldehydes is 1. The Morgan fingerprint density at radius 2 is 2.32 bits per heavy atom. The highest BCUT2D eigenvalue weighted by molar-refractivity contribution is 9.10. The molecule has 1 atom stereocenters. The molecular formula is C14H14BrNO3. The van der Waals surface area contributed by atoms with Gasteiger partial charge in [0.15, 0.2) is 12.4 Å². The number of terminal acetylenes is 1. The fraction of sp³-hybridized carbons (Fsp3) is 0.286. The van der Waals surface area contributed by atoms with Crippen molar-refractivity contribution in [1.29, 1.82) is 0 Å². The zero-order valence-corrected chi connectivity index (χ0v) is 12.3. The average molecular weight is 324 g/mol. The average Bonchev–Trinajstić information content (AvgIpc) is 2.38. The number of ether oxygens (including phenoxy) is 1. The minimum absolute atomic E-state index is 0.145. The second-order valence-corrected chi connectivity index (χ2v) is 4.86. The van der Waals surface area contributed by atoms with E-state index < -0.39 is 6.10 Å². The summed E-state index contributed by atoms with van der Waals surface area (Å²) in [6, 6.07) is 3.45. The predicted molar refractivity (Wildman–Crippen MR) is 76.2 cm³/mol. The molecule has 0 saturated heterocycles. The number of benzene rings is 1. The summed E-state index contributed by atoms with van der Waals surface area (Å²) < 4.78 is 6.33. The molecule has 0 bridgehead atoms. The first-order chi connectivity index (χ1) is 8.99. The maximum atomic E-state index is 11.7. The number of hydrogen-bond donors (Lipinski definition) is 1. The van der Waals surface area contributed by atoms with Gasteiger partial charge >= 0.3 is 0 Å². The van der Waals surface area contributed by atoms with Crippen molar-refractivity contribution in [2.75, 3.05) is 6.54 Å². The standard InChI is InChI=1S/C14H14BrNO3/c1-4-5-16-14(18)10(3)19-13-9(2)6-12(15)7-11(13)8-17/h1,6-8,10H,5H2,2-3H3,(H,16,18). The van der Waals surface area contributed by atoms with Crippen LogP contribution >= 0.6 is 15.9 Å². The van der Waals surface area contributed by atoms with E-state index in [0.717, 1.165) is 10.0 Å². The van der Waals surface area contributed by atoms with Gasteiger partial charge in [0.1, 0.15) is 5.75 Å². The van der Waals surface area contributed by atoms with Crippen molar-refractivity contribution in [3.05, 3.63) is 27.7 Å². The smallest absolute Gasteiger partial charge is 0.261 e. The van der Waals surface area contributed by atoms with Crippen LogP contribution in [0.3, 0.4) is 0 Å². The van der Waals surface area contributed by atoms with Gasteiger partial charge in [-0.3, -0.25) is 9.59 Å². The third-order valence-corrected chi connectivity index (χ3v) is 2.88. The van der Waals surface area contributed by atoms with Gasteiger partial charge in [-0.25, -0.2) is 0 Å². The van der Waals surface area contributed by atoms with E-state index in [1.54, 1.807) is 19.9 Å². The third-order valence-electron chi connectivity index (χ3n) is 2.42. The zero-order chi connectivity index (χ0) is 14.4. The quantitative estimate of drug-likeness (QED) is 0.666. The van der Waals surface area contributed by atoms with Gasteiger partial charge in [-0.05, 0) is 31.5 Å². The maximum absolute atomic E-state index is 11.7. The fourth-order valence-corrected chi connectivity index (χ4v) is 2.11. The van der Waals surface area contributed by atoms with E-state index in [4.69, 9.17) is 11.2 Å². The van der Waals surface area contributed by atoms with Gasteiger partial charge in [-0.1, -0.05) is 21.9 Å². The van der Waals surface area contributed by atoms with E-state index in [-0.39, 0.29) is 12.5 Å². The number of carbonyl (C=O) groups is 2. The molecule has 1 aromatic rings. The Balaban J connectivity index is 2.90. The Morgan fingerprint density at radius 3 is 2.89 bits per heavy atom. The summed E-state index contributed by atoms with van der Waals surface area (Å²) in [7, 11) is 0. The number of aryl methyl sites for hydroxylation is 1. The van der Waals surface area contributed by atoms with Gasteiger partial charge in [-0.15, -0.1) is 6.42 Å². The molecule has 1 N–H and O–H groups in total. The van der Waals surface area contributed by atoms with E-state index in [1.165, 1.54) is 0 Å². The lowest BCUT2D eigenvalue weighted by molar-refractivity contribution is -0.127. The lowest BCUT2D eigenvalue weighted by atomic mass is 10.1. The van der Waals surface area contributed by atoms with Crippen molar-refractivity contribution in [3.8, 4) is 18.1 Å². The van der Waals surface area contributed by atoms with Crippen LogP contribution in [-0.2, 0) is 4.79 Å². The molecule has 1 aromatic carbocycles. The van der Waals surface area contributed by atoms with Crippen LogP contribution in [0.25, 0.3) is 0 Å². The molecule has 0 aliphatic rings. The van der Waals surface area contributed by atoms with Crippen LogP contribution in [0.4, 0.5) is 0 Å². The molecule has 0 radical (unpaired) electrons. The van der Waals surface area contributed by atoms with Gasteiger partial charge in [0.2, 0.25) is 0 Å². The summed E-state index contributed by atoms with van der Waals surface area (Å²) in [4.78, 5) is 22.7. The molecule has 1 amide bonds. The number of rotatable bonds is 5. The van der Waals surface area contributed by atoms with Crippen molar-refractivity contribution in [1.82, 2.24) is 5.32 Å². The molecule has 0 aromatic heterocycles. The van der Waals surface area contributed by atoms with Crippen LogP contribution in [0.2, 0.25) is 0 Å². The van der Waals surface area contributed by atoms with Crippen LogP contribution in [-0.4, -0.2) is 24.8 Å². The number of hydrogen-bond acceptors (Lipinski definition) is 3. The fourth-order valence-electron chi connectivity index (χ4n) is 1.52. The second-order valence-electron chi connectivity index (χ2n) is 3.94. The molecular weight excluding hydrogens is 310 g/mol. The summed E-state index contributed by atoms with van der Waals surface area (Å²) >= 11 is 3.30. The molecule has 0 heterocycles. The molecule has 0 spiro atoms. The summed E-state index contributed by atoms with van der Waals surface area (Å²) in [6.07, 6.45) is 5.02. The van der Waals surface area contributed by atoms with Crippen LogP contribution < -0.4 is 10.1 Å². The summed E-state index contributed by atoms with van der Waals surface area (Å²) in [6.45, 7) is 3.55. The molecule has 1 unspecified atom stereocenters. The Hall–Kier alpha value is -1.80. The van der Waals surface area contributed by atoms with E-state index in [1.807, 2.05) is 6.07 Å². The predicted octanol–water partition coefficient (Wildman–Crippen LogP) is 2.09. The van der Waals surface area contributed by atoms with Crippen molar-refractivity contribution in [2.24, 2.45) is 0 Å². The Labute approximate surface area is 120 Å². The van der Waals surface area contributed by atoms with Crippen LogP contribution in [0.1, 0.15) is 22.8 Å². The summed E-state index contributed by atoms with van der Waals surface area (Å²) in [5, 5.41) is 2.52. The molecule has 4 nitrogen and oxygen atoms in total. The molecule has 100 valence electrons. The highest BCUT2D eigenvalue weighted by Crippen LogP contribution is 2.27. The third kappa shape index (κ3) is 4.11. The molecule has 1 rings (SSSR count). The molecule has 0 aliphatic carbocycles. The lowest BCUT2D eigenvalue weighted by Crippen LogP contribution is -2.36. The molecule has 0 aliphatic heterocycles. The van der Waals surface area contributed by atoms with Gasteiger partial charge < -0.3 is 10.1 Å². The number of amides is 1. The SMILES string of the molecule is C#CCNC(=O)C(C)Oc1c(C)cc(Br)cc1C=O. The van der Waals surface area contributed by atoms with Crippen molar-refractivity contribution in [2.45, 2.75) is 20.0 Å². The Kier molecular flexibility index (Phi) is 5.58. The highest BCUT2D eigenvalue weighted by Gasteiger charge is 2.17. The molecule has 0 saturated carbocycles. The van der Waals surface area contributed by atoms with E-state index in [2.05, 4.69) is 27.2 Å². The topological polar surface area (TPSA) is 55.4 Å². The summed E-state index contributed by atoms with van der Waals surface area (Å²) in [5.41, 5.74) is 1.16. The minimum Gasteiger partial charge on any atom is -0.480 e. The number of carbonyl (C=O) groups excluding carboxylic acids is 2. The summed E-state index contributed by atoms with van der Waals surface area (Å²) in [5.74, 6) is 2.39. The van der Waals surface area contributed by atoms with Crippen LogP contribution in [0, 0.1) is 19.3 Å². The minimum atomic E-state index is -0.730.